The van der Waals surface area contributed by atoms with E-state index in [2.05, 4.69) is 22.2 Å². The number of nitrogens with one attached hydrogen (secondary N) is 2. The van der Waals surface area contributed by atoms with Crippen molar-refractivity contribution in [1.82, 2.24) is 5.32 Å². The van der Waals surface area contributed by atoms with Crippen molar-refractivity contribution < 1.29 is 13.8 Å². The maximum atomic E-state index is 14.6. The largest absolute Gasteiger partial charge is 0.381 e. The first-order valence-electron chi connectivity index (χ1n) is 11.6. The number of nitrogens with zero attached hydrogens (tertiary/aromatic N) is 2. The van der Waals surface area contributed by atoms with Gasteiger partial charge in [-0.3, -0.25) is 4.79 Å². The number of hydrogen-bond acceptors (Lipinski definition) is 3. The molecule has 0 saturated heterocycles. The van der Waals surface area contributed by atoms with Crippen LogP contribution in [0, 0.1) is 11.7 Å². The average molecular weight is 462 g/mol. The number of aliphatic imine (C=N–C) groups is 1. The molecule has 34 heavy (non-hydrogen) atoms. The molecule has 1 atom stereocenters. The Morgan fingerprint density at radius 3 is 2.65 bits per heavy atom. The Balaban J connectivity index is 1.66. The molecule has 0 aromatic heterocycles. The number of amides is 1. The highest BCUT2D eigenvalue weighted by Gasteiger charge is 2.26. The Labute approximate surface area is 201 Å². The van der Waals surface area contributed by atoms with Crippen LogP contribution >= 0.6 is 0 Å². The van der Waals surface area contributed by atoms with Gasteiger partial charge in [-0.1, -0.05) is 24.3 Å². The van der Waals surface area contributed by atoms with E-state index in [-0.39, 0.29) is 17.8 Å². The van der Waals surface area contributed by atoms with E-state index in [1.165, 1.54) is 18.9 Å². The fraction of sp³-hybridized carbons (Fsp3) is 0.321. The van der Waals surface area contributed by atoms with Crippen molar-refractivity contribution in [3.8, 4) is 0 Å². The Bertz CT molecular complexity index is 1160. The van der Waals surface area contributed by atoms with Crippen LogP contribution in [0.3, 0.4) is 0 Å². The molecule has 1 amide bonds. The third-order valence-corrected chi connectivity index (χ3v) is 5.95. The van der Waals surface area contributed by atoms with Crippen molar-refractivity contribution in [2.24, 2.45) is 10.9 Å². The molecule has 6 heteroatoms. The van der Waals surface area contributed by atoms with Gasteiger partial charge in [0.25, 0.3) is 5.91 Å². The minimum Gasteiger partial charge on any atom is -0.381 e. The van der Waals surface area contributed by atoms with Gasteiger partial charge in [-0.25, -0.2) is 9.38 Å². The number of allylic oxidation sites excluding steroid dienone is 6. The predicted octanol–water partition coefficient (Wildman–Crippen LogP) is 5.82. The molecule has 2 aliphatic rings. The zero-order chi connectivity index (χ0) is 24.8. The maximum absolute atomic E-state index is 14.6. The highest BCUT2D eigenvalue weighted by atomic mass is 19.1. The Kier molecular flexibility index (Phi) is 8.16. The van der Waals surface area contributed by atoms with Gasteiger partial charge in [0.05, 0.1) is 6.04 Å². The monoisotopic (exact) mass is 461 g/mol. The molecule has 1 heterocycles. The summed E-state index contributed by atoms with van der Waals surface area (Å²) < 4.78 is 16.6. The predicted molar refractivity (Wildman–Crippen MR) is 139 cm³/mol. The summed E-state index contributed by atoms with van der Waals surface area (Å²) in [5.41, 5.74) is 5.37. The van der Waals surface area contributed by atoms with Crippen LogP contribution < -0.4 is 10.6 Å². The molecular weight excluding hydrogens is 427 g/mol. The third kappa shape index (κ3) is 6.28. The zero-order valence-corrected chi connectivity index (χ0v) is 20.7. The summed E-state index contributed by atoms with van der Waals surface area (Å²) in [6.45, 7) is 11.6. The lowest BCUT2D eigenvalue weighted by atomic mass is 10.1. The quantitative estimate of drug-likeness (QED) is 0.277. The Morgan fingerprint density at radius 2 is 2.03 bits per heavy atom. The Morgan fingerprint density at radius 1 is 1.29 bits per heavy atom. The summed E-state index contributed by atoms with van der Waals surface area (Å²) >= 11 is 0. The van der Waals surface area contributed by atoms with Crippen LogP contribution in [0.25, 0.3) is 0 Å². The van der Waals surface area contributed by atoms with Gasteiger partial charge in [0.15, 0.2) is 5.71 Å². The first-order chi connectivity index (χ1) is 16.2. The van der Waals surface area contributed by atoms with E-state index in [0.29, 0.717) is 22.7 Å². The lowest BCUT2D eigenvalue weighted by molar-refractivity contribution is -0.438. The van der Waals surface area contributed by atoms with Gasteiger partial charge in [0.1, 0.15) is 12.9 Å². The van der Waals surface area contributed by atoms with Gasteiger partial charge in [-0.05, 0) is 76.8 Å². The fourth-order valence-electron chi connectivity index (χ4n) is 3.75. The summed E-state index contributed by atoms with van der Waals surface area (Å²) in [7, 11) is 1.97. The molecule has 1 unspecified atom stereocenters. The SMILES string of the molecule is C=C(/C=C\C(=C/C)C(=O)Nc1ccc(F)c(C(C)N/C(C)=C/N=C2C=[N+](C)C\2=C/C)c1)C1CC1. The zero-order valence-electron chi connectivity index (χ0n) is 20.7. The molecule has 1 saturated carbocycles. The van der Waals surface area contributed by atoms with Gasteiger partial charge >= 0.3 is 0 Å². The van der Waals surface area contributed by atoms with Crippen molar-refractivity contribution in [2.75, 3.05) is 12.4 Å². The van der Waals surface area contributed by atoms with Crippen LogP contribution in [-0.4, -0.2) is 29.5 Å². The molecule has 1 fully saturated rings. The van der Waals surface area contributed by atoms with E-state index in [4.69, 9.17) is 0 Å². The van der Waals surface area contributed by atoms with E-state index in [9.17, 15) is 9.18 Å². The molecule has 0 radical (unpaired) electrons. The summed E-state index contributed by atoms with van der Waals surface area (Å²) in [5.74, 6) is -0.0311. The second kappa shape index (κ2) is 11.1. The second-order valence-electron chi connectivity index (χ2n) is 8.72. The number of hydrogen-bond donors (Lipinski definition) is 2. The third-order valence-electron chi connectivity index (χ3n) is 5.95. The minimum absolute atomic E-state index is 0.242. The van der Waals surface area contributed by atoms with Crippen LogP contribution in [0.4, 0.5) is 10.1 Å². The van der Waals surface area contributed by atoms with Gasteiger partial charge in [0.2, 0.25) is 11.9 Å². The summed E-state index contributed by atoms with van der Waals surface area (Å²) in [5, 5.41) is 6.14. The van der Waals surface area contributed by atoms with E-state index in [0.717, 1.165) is 22.7 Å². The maximum Gasteiger partial charge on any atom is 0.255 e. The summed E-state index contributed by atoms with van der Waals surface area (Å²) in [6.07, 6.45) is 13.5. The molecule has 1 aromatic rings. The van der Waals surface area contributed by atoms with Crippen molar-refractivity contribution in [2.45, 2.75) is 46.6 Å². The van der Waals surface area contributed by atoms with Crippen molar-refractivity contribution >= 4 is 23.5 Å². The molecule has 2 N–H and O–H groups in total. The number of carbonyl (C=O) groups excluding carboxylic acids is 1. The molecule has 178 valence electrons. The summed E-state index contributed by atoms with van der Waals surface area (Å²) in [6, 6.07) is 4.29. The topological polar surface area (TPSA) is 56.5 Å². The van der Waals surface area contributed by atoms with E-state index >= 15 is 0 Å². The number of benzene rings is 1. The van der Waals surface area contributed by atoms with E-state index in [1.807, 2.05) is 57.7 Å². The molecule has 0 spiro atoms. The van der Waals surface area contributed by atoms with Crippen LogP contribution in [0.5, 0.6) is 0 Å². The first-order valence-corrected chi connectivity index (χ1v) is 11.6. The van der Waals surface area contributed by atoms with Crippen LogP contribution in [0.15, 0.2) is 82.8 Å². The van der Waals surface area contributed by atoms with Crippen LogP contribution in [0.2, 0.25) is 0 Å². The molecule has 5 nitrogen and oxygen atoms in total. The molecular formula is C28H34FN4O+. The lowest BCUT2D eigenvalue weighted by Gasteiger charge is -2.18. The highest BCUT2D eigenvalue weighted by Crippen LogP contribution is 2.36. The number of anilines is 1. The highest BCUT2D eigenvalue weighted by molar-refractivity contribution is 6.39. The van der Waals surface area contributed by atoms with Gasteiger partial charge < -0.3 is 10.6 Å². The number of carbonyl (C=O) groups is 1. The number of rotatable bonds is 9. The first kappa shape index (κ1) is 25.1. The van der Waals surface area contributed by atoms with Crippen LogP contribution in [-0.2, 0) is 4.79 Å². The lowest BCUT2D eigenvalue weighted by Crippen LogP contribution is -2.30. The molecule has 1 aliphatic carbocycles. The van der Waals surface area contributed by atoms with E-state index in [1.54, 1.807) is 30.5 Å². The molecule has 1 aliphatic heterocycles. The van der Waals surface area contributed by atoms with Crippen molar-refractivity contribution in [3.63, 3.8) is 0 Å². The molecule has 1 aromatic carbocycles. The smallest absolute Gasteiger partial charge is 0.255 e. The molecule has 3 rings (SSSR count). The Hall–Kier alpha value is -3.54. The molecule has 0 bridgehead atoms. The summed E-state index contributed by atoms with van der Waals surface area (Å²) in [4.78, 5) is 17.2. The fourth-order valence-corrected chi connectivity index (χ4v) is 3.75. The van der Waals surface area contributed by atoms with Gasteiger partial charge in [0, 0.05) is 28.7 Å². The normalized spacial score (nSPS) is 19.8. The van der Waals surface area contributed by atoms with Crippen molar-refractivity contribution in [1.29, 1.82) is 0 Å². The van der Waals surface area contributed by atoms with Gasteiger partial charge in [-0.15, -0.1) is 0 Å². The standard InChI is InChI=1S/C28H33FN4O/c1-7-21(10-9-18(3)22-11-12-22)28(34)32-23-13-14-25(29)24(15-23)20(5)31-19(4)16-30-26-17-33(6)27(26)8-2/h7-10,13-17,20,22H,3,11-12H2,1-2,4-6H3,(H,32,34)/p+1/b10-9-,21-7+,27-8-. The minimum atomic E-state index is -0.339. The van der Waals surface area contributed by atoms with Crippen LogP contribution in [0.1, 0.15) is 52.1 Å². The van der Waals surface area contributed by atoms with Crippen molar-refractivity contribution in [3.05, 3.63) is 89.2 Å². The van der Waals surface area contributed by atoms with E-state index < -0.39 is 0 Å². The van der Waals surface area contributed by atoms with Gasteiger partial charge in [-0.2, -0.15) is 4.58 Å². The number of halogens is 1. The average Bonchev–Trinajstić information content (AvgIpc) is 3.63. The second-order valence-corrected chi connectivity index (χ2v) is 8.72.